The number of hydrogen-bond donors (Lipinski definition) is 0. The average molecular weight is 230 g/mol. The molecule has 0 unspecified atom stereocenters. The lowest BCUT2D eigenvalue weighted by atomic mass is 10.2. The van der Waals surface area contributed by atoms with Crippen LogP contribution in [-0.4, -0.2) is 21.5 Å². The molecule has 5 nitrogen and oxygen atoms in total. The number of hydrogen-bond acceptors (Lipinski definition) is 4. The van der Waals surface area contributed by atoms with Crippen molar-refractivity contribution in [2.75, 3.05) is 7.05 Å². The van der Waals surface area contributed by atoms with Gasteiger partial charge in [-0.2, -0.15) is 0 Å². The monoisotopic (exact) mass is 230 g/mol. The van der Waals surface area contributed by atoms with Crippen molar-refractivity contribution in [3.05, 3.63) is 39.7 Å². The molecule has 1 aromatic rings. The van der Waals surface area contributed by atoms with E-state index in [1.807, 2.05) is 0 Å². The molecule has 15 heavy (non-hydrogen) atoms. The minimum Gasteiger partial charge on any atom is -0.258 e. The van der Waals surface area contributed by atoms with Crippen LogP contribution in [0.4, 0.5) is 10.1 Å². The summed E-state index contributed by atoms with van der Waals surface area (Å²) in [5.41, 5.74) is -0.208. The van der Waals surface area contributed by atoms with Gasteiger partial charge in [-0.1, -0.05) is 0 Å². The highest BCUT2D eigenvalue weighted by molar-refractivity contribution is 7.74. The fourth-order valence-electron chi connectivity index (χ4n) is 0.939. The summed E-state index contributed by atoms with van der Waals surface area (Å²) in [5.74, 6) is -0.747. The Bertz CT molecular complexity index is 539. The summed E-state index contributed by atoms with van der Waals surface area (Å²) in [5, 5.41) is 11.5. The Morgan fingerprint density at radius 3 is 2.73 bits per heavy atom. The van der Waals surface area contributed by atoms with E-state index in [0.29, 0.717) is 0 Å². The summed E-state index contributed by atoms with van der Waals surface area (Å²) in [6.07, 6.45) is 0. The highest BCUT2D eigenvalue weighted by Crippen LogP contribution is 2.14. The number of benzene rings is 1. The van der Waals surface area contributed by atoms with Crippen LogP contribution in [0.25, 0.3) is 0 Å². The van der Waals surface area contributed by atoms with Crippen molar-refractivity contribution in [3.8, 4) is 0 Å². The van der Waals surface area contributed by atoms with E-state index >= 15 is 0 Å². The molecule has 1 aromatic carbocycles. The van der Waals surface area contributed by atoms with Crippen LogP contribution in [0.3, 0.4) is 0 Å². The fraction of sp³-hybridized carbons (Fsp3) is 0.125. The molecule has 0 atom stereocenters. The molecule has 0 saturated carbocycles. The zero-order valence-electron chi connectivity index (χ0n) is 7.71. The number of nitrogens with zero attached hydrogens (tertiary/aromatic N) is 2. The molecule has 0 aliphatic heterocycles. The van der Waals surface area contributed by atoms with Gasteiger partial charge in [-0.15, -0.1) is 0 Å². The molecule has 0 aromatic heterocycles. The number of halogens is 1. The molecule has 0 N–H and O–H groups in total. The van der Waals surface area contributed by atoms with Crippen molar-refractivity contribution in [2.24, 2.45) is 4.36 Å². The zero-order valence-corrected chi connectivity index (χ0v) is 8.53. The first-order chi connectivity index (χ1) is 7.02. The third-order valence-corrected chi connectivity index (χ3v) is 2.37. The second-order valence-electron chi connectivity index (χ2n) is 2.58. The molecular formula is C8H7FN2O3S. The molecule has 0 aliphatic rings. The first kappa shape index (κ1) is 11.3. The third kappa shape index (κ3) is 3.13. The molecule has 1 rings (SSSR count). The molecule has 0 aliphatic carbocycles. The molecule has 0 spiro atoms. The lowest BCUT2D eigenvalue weighted by Gasteiger charge is -1.94. The maximum Gasteiger partial charge on any atom is 0.272 e. The van der Waals surface area contributed by atoms with Crippen molar-refractivity contribution in [1.82, 2.24) is 0 Å². The third-order valence-electron chi connectivity index (χ3n) is 1.53. The van der Waals surface area contributed by atoms with E-state index in [-0.39, 0.29) is 11.3 Å². The smallest absolute Gasteiger partial charge is 0.258 e. The van der Waals surface area contributed by atoms with Gasteiger partial charge in [0.05, 0.1) is 21.2 Å². The van der Waals surface area contributed by atoms with Crippen LogP contribution < -0.4 is 0 Å². The Morgan fingerprint density at radius 1 is 1.53 bits per heavy atom. The number of nitro benzene ring substituents is 1. The predicted octanol–water partition coefficient (Wildman–Crippen LogP) is 1.45. The van der Waals surface area contributed by atoms with Crippen molar-refractivity contribution >= 4 is 21.2 Å². The van der Waals surface area contributed by atoms with Crippen LogP contribution in [0, 0.1) is 15.9 Å². The minimum atomic E-state index is -1.60. The van der Waals surface area contributed by atoms with Crippen molar-refractivity contribution < 1.29 is 13.5 Å². The Kier molecular flexibility index (Phi) is 3.51. The highest BCUT2D eigenvalue weighted by Gasteiger charge is 2.08. The predicted molar refractivity (Wildman–Crippen MR) is 54.7 cm³/mol. The number of rotatable bonds is 2. The van der Waals surface area contributed by atoms with E-state index in [4.69, 9.17) is 0 Å². The summed E-state index contributed by atoms with van der Waals surface area (Å²) in [7, 11) is -0.263. The van der Waals surface area contributed by atoms with E-state index in [2.05, 4.69) is 4.36 Å². The Labute approximate surface area is 86.5 Å². The largest absolute Gasteiger partial charge is 0.272 e. The SMILES string of the molecule is CN=S(=O)=Cc1cc(F)cc([N+](=O)[O-])c1. The van der Waals surface area contributed by atoms with Crippen LogP contribution in [0.1, 0.15) is 5.56 Å². The molecule has 0 amide bonds. The Hall–Kier alpha value is -1.76. The summed E-state index contributed by atoms with van der Waals surface area (Å²) >= 11 is 0. The first-order valence-electron chi connectivity index (χ1n) is 3.83. The van der Waals surface area contributed by atoms with Crippen LogP contribution in [0.15, 0.2) is 22.6 Å². The van der Waals surface area contributed by atoms with Crippen LogP contribution >= 0.6 is 0 Å². The second-order valence-corrected chi connectivity index (χ2v) is 3.73. The molecule has 0 fully saturated rings. The van der Waals surface area contributed by atoms with Gasteiger partial charge in [0.15, 0.2) is 0 Å². The molecular weight excluding hydrogens is 223 g/mol. The Morgan fingerprint density at radius 2 is 2.20 bits per heavy atom. The number of non-ortho nitro benzene ring substituents is 1. The quantitative estimate of drug-likeness (QED) is 0.438. The van der Waals surface area contributed by atoms with Crippen LogP contribution in [-0.2, 0) is 10.2 Å². The van der Waals surface area contributed by atoms with Gasteiger partial charge in [0.1, 0.15) is 5.82 Å². The van der Waals surface area contributed by atoms with Crippen molar-refractivity contribution in [3.63, 3.8) is 0 Å². The highest BCUT2D eigenvalue weighted by atomic mass is 32.2. The van der Waals surface area contributed by atoms with Gasteiger partial charge in [-0.3, -0.25) is 10.1 Å². The van der Waals surface area contributed by atoms with Crippen LogP contribution in [0.5, 0.6) is 0 Å². The second kappa shape index (κ2) is 4.65. The maximum atomic E-state index is 12.9. The van der Waals surface area contributed by atoms with Gasteiger partial charge in [-0.05, 0) is 11.6 Å². The van der Waals surface area contributed by atoms with E-state index in [1.165, 1.54) is 7.05 Å². The van der Waals surface area contributed by atoms with Gasteiger partial charge >= 0.3 is 0 Å². The first-order valence-corrected chi connectivity index (χ1v) is 5.00. The molecule has 0 saturated heterocycles. The van der Waals surface area contributed by atoms with Gasteiger partial charge < -0.3 is 0 Å². The van der Waals surface area contributed by atoms with E-state index in [9.17, 15) is 18.7 Å². The Balaban J connectivity index is 3.33. The van der Waals surface area contributed by atoms with Crippen molar-refractivity contribution in [2.45, 2.75) is 0 Å². The summed E-state index contributed by atoms with van der Waals surface area (Å²) in [6, 6.07) is 2.98. The topological polar surface area (TPSA) is 72.6 Å². The molecule has 80 valence electrons. The zero-order chi connectivity index (χ0) is 11.4. The fourth-order valence-corrected chi connectivity index (χ4v) is 1.41. The normalized spacial score (nSPS) is 9.47. The van der Waals surface area contributed by atoms with E-state index in [0.717, 1.165) is 23.6 Å². The number of nitro groups is 1. The van der Waals surface area contributed by atoms with Gasteiger partial charge in [0, 0.05) is 18.5 Å². The van der Waals surface area contributed by atoms with E-state index < -0.39 is 20.9 Å². The molecule has 0 heterocycles. The molecule has 0 radical (unpaired) electrons. The maximum absolute atomic E-state index is 12.9. The summed E-state index contributed by atoms with van der Waals surface area (Å²) < 4.78 is 27.3. The van der Waals surface area contributed by atoms with Gasteiger partial charge in [0.2, 0.25) is 0 Å². The van der Waals surface area contributed by atoms with Gasteiger partial charge in [-0.25, -0.2) is 13.0 Å². The van der Waals surface area contributed by atoms with E-state index in [1.54, 1.807) is 0 Å². The summed E-state index contributed by atoms with van der Waals surface area (Å²) in [6.45, 7) is 0. The summed E-state index contributed by atoms with van der Waals surface area (Å²) in [4.78, 5) is 9.67. The average Bonchev–Trinajstić information content (AvgIpc) is 2.16. The van der Waals surface area contributed by atoms with Crippen LogP contribution in [0.2, 0.25) is 0 Å². The standard InChI is InChI=1S/C8H7FN2O3S/c1-10-15(14)5-6-2-7(9)4-8(3-6)11(12)13/h2-5H,1H3. The minimum absolute atomic E-state index is 0.172. The molecule has 7 heteroatoms. The lowest BCUT2D eigenvalue weighted by Crippen LogP contribution is -1.92. The lowest BCUT2D eigenvalue weighted by molar-refractivity contribution is -0.385. The molecule has 0 bridgehead atoms. The van der Waals surface area contributed by atoms with Gasteiger partial charge in [0.25, 0.3) is 5.69 Å². The van der Waals surface area contributed by atoms with Crippen molar-refractivity contribution in [1.29, 1.82) is 0 Å².